The summed E-state index contributed by atoms with van der Waals surface area (Å²) in [5.41, 5.74) is 0.320. The minimum atomic E-state index is -0.160. The van der Waals surface area contributed by atoms with Gasteiger partial charge in [-0.2, -0.15) is 0 Å². The van der Waals surface area contributed by atoms with Crippen LogP contribution in [0.3, 0.4) is 0 Å². The molecule has 19 heavy (non-hydrogen) atoms. The van der Waals surface area contributed by atoms with E-state index in [9.17, 15) is 4.39 Å². The first-order valence-corrected chi connectivity index (χ1v) is 7.89. The summed E-state index contributed by atoms with van der Waals surface area (Å²) >= 11 is 1.80. The van der Waals surface area contributed by atoms with Crippen molar-refractivity contribution in [2.24, 2.45) is 0 Å². The Hall–Kier alpha value is -0.580. The summed E-state index contributed by atoms with van der Waals surface area (Å²) in [4.78, 5) is 3.67. The lowest BCUT2D eigenvalue weighted by Gasteiger charge is -2.39. The van der Waals surface area contributed by atoms with Crippen LogP contribution in [0.4, 0.5) is 4.39 Å². The van der Waals surface area contributed by atoms with E-state index in [-0.39, 0.29) is 5.82 Å². The fourth-order valence-corrected chi connectivity index (χ4v) is 3.26. The molecule has 0 radical (unpaired) electrons. The molecule has 4 heteroatoms. The molecule has 0 bridgehead atoms. The van der Waals surface area contributed by atoms with Crippen molar-refractivity contribution in [1.82, 2.24) is 10.2 Å². The summed E-state index contributed by atoms with van der Waals surface area (Å²) in [6.07, 6.45) is 2.43. The highest BCUT2D eigenvalue weighted by atomic mass is 32.2. The Balaban J connectivity index is 1.68. The van der Waals surface area contributed by atoms with Gasteiger partial charge in [-0.05, 0) is 64.2 Å². The van der Waals surface area contributed by atoms with Gasteiger partial charge in [0.2, 0.25) is 0 Å². The van der Waals surface area contributed by atoms with Crippen molar-refractivity contribution in [1.29, 1.82) is 0 Å². The van der Waals surface area contributed by atoms with E-state index in [4.69, 9.17) is 0 Å². The first-order chi connectivity index (χ1) is 9.11. The molecule has 0 aromatic heterocycles. The SMILES string of the molecule is CNC1(C)CCN(CCSc2ccc(F)cc2)CC1. The number of hydrogen-bond acceptors (Lipinski definition) is 3. The molecular weight excluding hydrogens is 259 g/mol. The predicted molar refractivity (Wildman–Crippen MR) is 80.3 cm³/mol. The smallest absolute Gasteiger partial charge is 0.123 e. The lowest BCUT2D eigenvalue weighted by molar-refractivity contribution is 0.159. The summed E-state index contributed by atoms with van der Waals surface area (Å²) < 4.78 is 12.8. The molecule has 106 valence electrons. The molecule has 1 heterocycles. The highest BCUT2D eigenvalue weighted by molar-refractivity contribution is 7.99. The van der Waals surface area contributed by atoms with Crippen LogP contribution >= 0.6 is 11.8 Å². The maximum Gasteiger partial charge on any atom is 0.123 e. The van der Waals surface area contributed by atoms with Gasteiger partial charge in [-0.25, -0.2) is 4.39 Å². The first kappa shape index (κ1) is 14.8. The molecule has 1 saturated heterocycles. The minimum absolute atomic E-state index is 0.160. The van der Waals surface area contributed by atoms with Crippen molar-refractivity contribution in [3.05, 3.63) is 30.1 Å². The van der Waals surface area contributed by atoms with Crippen LogP contribution in [0.2, 0.25) is 0 Å². The van der Waals surface area contributed by atoms with Gasteiger partial charge >= 0.3 is 0 Å². The molecular formula is C15H23FN2S. The maximum atomic E-state index is 12.8. The van der Waals surface area contributed by atoms with Gasteiger partial charge in [0.25, 0.3) is 0 Å². The zero-order chi connectivity index (χ0) is 13.7. The maximum absolute atomic E-state index is 12.8. The Bertz CT molecular complexity index is 386. The predicted octanol–water partition coefficient (Wildman–Crippen LogP) is 2.99. The summed E-state index contributed by atoms with van der Waals surface area (Å²) in [7, 11) is 2.06. The van der Waals surface area contributed by atoms with Gasteiger partial charge < -0.3 is 10.2 Å². The molecule has 2 nitrogen and oxygen atoms in total. The molecule has 1 fully saturated rings. The van der Waals surface area contributed by atoms with Crippen molar-refractivity contribution in [2.75, 3.05) is 32.4 Å². The number of nitrogens with zero attached hydrogens (tertiary/aromatic N) is 1. The summed E-state index contributed by atoms with van der Waals surface area (Å²) in [5.74, 6) is 0.911. The van der Waals surface area contributed by atoms with Crippen LogP contribution in [-0.4, -0.2) is 42.9 Å². The number of piperidine rings is 1. The Morgan fingerprint density at radius 1 is 1.26 bits per heavy atom. The average molecular weight is 282 g/mol. The van der Waals surface area contributed by atoms with Crippen LogP contribution in [-0.2, 0) is 0 Å². The Kier molecular flexibility index (Phi) is 5.25. The second-order valence-electron chi connectivity index (χ2n) is 5.45. The zero-order valence-corrected chi connectivity index (χ0v) is 12.6. The monoisotopic (exact) mass is 282 g/mol. The summed E-state index contributed by atoms with van der Waals surface area (Å²) in [6, 6.07) is 6.77. The van der Waals surface area contributed by atoms with E-state index >= 15 is 0 Å². The van der Waals surface area contributed by atoms with Crippen molar-refractivity contribution < 1.29 is 4.39 Å². The van der Waals surface area contributed by atoms with Crippen LogP contribution < -0.4 is 5.32 Å². The molecule has 2 rings (SSSR count). The van der Waals surface area contributed by atoms with Crippen LogP contribution in [0.15, 0.2) is 29.2 Å². The van der Waals surface area contributed by atoms with Gasteiger partial charge in [0.1, 0.15) is 5.82 Å². The summed E-state index contributed by atoms with van der Waals surface area (Å²) in [6.45, 7) is 5.75. The fourth-order valence-electron chi connectivity index (χ4n) is 2.34. The second kappa shape index (κ2) is 6.73. The van der Waals surface area contributed by atoms with Crippen LogP contribution in [0.25, 0.3) is 0 Å². The van der Waals surface area contributed by atoms with Gasteiger partial charge in [-0.3, -0.25) is 0 Å². The molecule has 1 aromatic carbocycles. The van der Waals surface area contributed by atoms with E-state index in [2.05, 4.69) is 24.2 Å². The van der Waals surface area contributed by atoms with Gasteiger partial charge in [0, 0.05) is 22.7 Å². The lowest BCUT2D eigenvalue weighted by Crippen LogP contribution is -2.50. The first-order valence-electron chi connectivity index (χ1n) is 6.91. The van der Waals surface area contributed by atoms with Crippen LogP contribution in [0, 0.1) is 5.82 Å². The molecule has 0 atom stereocenters. The van der Waals surface area contributed by atoms with Crippen molar-refractivity contribution >= 4 is 11.8 Å². The van der Waals surface area contributed by atoms with Crippen molar-refractivity contribution in [3.63, 3.8) is 0 Å². The number of benzene rings is 1. The molecule has 0 unspecified atom stereocenters. The summed E-state index contributed by atoms with van der Waals surface area (Å²) in [5, 5.41) is 3.42. The van der Waals surface area contributed by atoms with Gasteiger partial charge in [-0.1, -0.05) is 0 Å². The van der Waals surface area contributed by atoms with Gasteiger partial charge in [-0.15, -0.1) is 11.8 Å². The zero-order valence-electron chi connectivity index (χ0n) is 11.8. The van der Waals surface area contributed by atoms with Crippen molar-refractivity contribution in [3.8, 4) is 0 Å². The molecule has 1 aliphatic rings. The Morgan fingerprint density at radius 2 is 1.89 bits per heavy atom. The third-order valence-electron chi connectivity index (χ3n) is 4.05. The molecule has 0 spiro atoms. The molecule has 1 aliphatic heterocycles. The van der Waals surface area contributed by atoms with E-state index in [1.807, 2.05) is 12.1 Å². The topological polar surface area (TPSA) is 15.3 Å². The number of hydrogen-bond donors (Lipinski definition) is 1. The van der Waals surface area contributed by atoms with E-state index in [1.165, 1.54) is 38.1 Å². The quantitative estimate of drug-likeness (QED) is 0.836. The van der Waals surface area contributed by atoms with Crippen molar-refractivity contribution in [2.45, 2.75) is 30.2 Å². The number of thioether (sulfide) groups is 1. The lowest BCUT2D eigenvalue weighted by atomic mass is 9.90. The minimum Gasteiger partial charge on any atom is -0.314 e. The number of nitrogens with one attached hydrogen (secondary N) is 1. The van der Waals surface area contributed by atoms with Crippen LogP contribution in [0.5, 0.6) is 0 Å². The number of rotatable bonds is 5. The van der Waals surface area contributed by atoms with E-state index < -0.39 is 0 Å². The normalized spacial score (nSPS) is 19.5. The highest BCUT2D eigenvalue weighted by Crippen LogP contribution is 2.22. The van der Waals surface area contributed by atoms with E-state index in [0.29, 0.717) is 5.54 Å². The third kappa shape index (κ3) is 4.48. The Morgan fingerprint density at radius 3 is 2.47 bits per heavy atom. The molecule has 0 amide bonds. The standard InChI is InChI=1S/C15H23FN2S/c1-15(17-2)7-9-18(10-8-15)11-12-19-14-5-3-13(16)4-6-14/h3-6,17H,7-12H2,1-2H3. The Labute approximate surface area is 119 Å². The highest BCUT2D eigenvalue weighted by Gasteiger charge is 2.27. The van der Waals surface area contributed by atoms with E-state index in [0.717, 1.165) is 17.2 Å². The van der Waals surface area contributed by atoms with Gasteiger partial charge in [0.15, 0.2) is 0 Å². The van der Waals surface area contributed by atoms with Gasteiger partial charge in [0.05, 0.1) is 0 Å². The molecule has 1 aromatic rings. The third-order valence-corrected chi connectivity index (χ3v) is 5.05. The molecule has 0 aliphatic carbocycles. The van der Waals surface area contributed by atoms with Crippen LogP contribution in [0.1, 0.15) is 19.8 Å². The van der Waals surface area contributed by atoms with E-state index in [1.54, 1.807) is 11.8 Å². The number of halogens is 1. The largest absolute Gasteiger partial charge is 0.314 e. The molecule has 1 N–H and O–H groups in total. The average Bonchev–Trinajstić information content (AvgIpc) is 2.43. The number of likely N-dealkylation sites (tertiary alicyclic amines) is 1. The second-order valence-corrected chi connectivity index (χ2v) is 6.62. The molecule has 0 saturated carbocycles. The fraction of sp³-hybridized carbons (Fsp3) is 0.600.